The van der Waals surface area contributed by atoms with Gasteiger partial charge in [-0.25, -0.2) is 0 Å². The second-order valence-corrected chi connectivity index (χ2v) is 6.36. The van der Waals surface area contributed by atoms with Gasteiger partial charge >= 0.3 is 0 Å². The predicted molar refractivity (Wildman–Crippen MR) is 90.7 cm³/mol. The Hall–Kier alpha value is -1.69. The maximum atomic E-state index is 12.5. The standard InChI is InChI=1S/C18H24N2O3/c1-4-23-16-10-20(9-15(16)22)8-13-7-14(21)17-11(2)5-6-12(3)18(17)19-13/h5-7,15-16,22H,4,8-10H2,1-3H3,(H,19,21)/t15-,16-/m0/s1. The van der Waals surface area contributed by atoms with Gasteiger partial charge in [-0.15, -0.1) is 0 Å². The van der Waals surface area contributed by atoms with Crippen molar-refractivity contribution in [3.05, 3.63) is 45.2 Å². The van der Waals surface area contributed by atoms with Crippen molar-refractivity contribution < 1.29 is 9.84 Å². The van der Waals surface area contributed by atoms with Crippen LogP contribution in [0.25, 0.3) is 10.9 Å². The fraction of sp³-hybridized carbons (Fsp3) is 0.500. The zero-order valence-electron chi connectivity index (χ0n) is 13.9. The molecule has 0 unspecified atom stereocenters. The van der Waals surface area contributed by atoms with Crippen LogP contribution >= 0.6 is 0 Å². The third-order valence-electron chi connectivity index (χ3n) is 4.55. The summed E-state index contributed by atoms with van der Waals surface area (Å²) in [5.74, 6) is 0. The monoisotopic (exact) mass is 316 g/mol. The van der Waals surface area contributed by atoms with Crippen LogP contribution in [-0.2, 0) is 11.3 Å². The molecule has 2 atom stereocenters. The van der Waals surface area contributed by atoms with Gasteiger partial charge in [0.15, 0.2) is 5.43 Å². The molecule has 1 aromatic carbocycles. The second-order valence-electron chi connectivity index (χ2n) is 6.36. The van der Waals surface area contributed by atoms with Crippen molar-refractivity contribution in [3.63, 3.8) is 0 Å². The van der Waals surface area contributed by atoms with E-state index in [1.807, 2.05) is 32.9 Å². The molecule has 23 heavy (non-hydrogen) atoms. The number of likely N-dealkylation sites (tertiary alicyclic amines) is 1. The molecule has 5 nitrogen and oxygen atoms in total. The highest BCUT2D eigenvalue weighted by Gasteiger charge is 2.31. The molecule has 2 N–H and O–H groups in total. The third-order valence-corrected chi connectivity index (χ3v) is 4.55. The lowest BCUT2D eigenvalue weighted by molar-refractivity contribution is -0.00245. The number of aliphatic hydroxyl groups excluding tert-OH is 1. The van der Waals surface area contributed by atoms with Crippen molar-refractivity contribution in [2.75, 3.05) is 19.7 Å². The summed E-state index contributed by atoms with van der Waals surface area (Å²) in [4.78, 5) is 18.0. The number of hydrogen-bond donors (Lipinski definition) is 2. The SMILES string of the molecule is CCO[C@H]1CN(Cc2cc(=O)c3c(C)ccc(C)c3[nH]2)C[C@@H]1O. The van der Waals surface area contributed by atoms with E-state index in [-0.39, 0.29) is 11.5 Å². The molecule has 1 aromatic heterocycles. The molecular weight excluding hydrogens is 292 g/mol. The number of rotatable bonds is 4. The van der Waals surface area contributed by atoms with E-state index in [9.17, 15) is 9.90 Å². The average Bonchev–Trinajstić information content (AvgIpc) is 2.83. The van der Waals surface area contributed by atoms with Crippen LogP contribution in [0.1, 0.15) is 23.7 Å². The van der Waals surface area contributed by atoms with Crippen LogP contribution in [0.2, 0.25) is 0 Å². The minimum Gasteiger partial charge on any atom is -0.389 e. The Bertz CT molecular complexity index is 769. The first-order chi connectivity index (χ1) is 11.0. The zero-order chi connectivity index (χ0) is 16.6. The van der Waals surface area contributed by atoms with Gasteiger partial charge < -0.3 is 14.8 Å². The summed E-state index contributed by atoms with van der Waals surface area (Å²) in [6.07, 6.45) is -0.609. The smallest absolute Gasteiger partial charge is 0.189 e. The van der Waals surface area contributed by atoms with Gasteiger partial charge in [0, 0.05) is 43.4 Å². The van der Waals surface area contributed by atoms with Crippen molar-refractivity contribution in [3.8, 4) is 0 Å². The maximum Gasteiger partial charge on any atom is 0.189 e. The van der Waals surface area contributed by atoms with Crippen LogP contribution in [0.3, 0.4) is 0 Å². The number of H-pyrrole nitrogens is 1. The van der Waals surface area contributed by atoms with E-state index in [1.165, 1.54) is 0 Å². The Balaban J connectivity index is 1.87. The van der Waals surface area contributed by atoms with E-state index in [0.717, 1.165) is 27.7 Å². The Kier molecular flexibility index (Phi) is 4.53. The number of aromatic amines is 1. The number of fused-ring (bicyclic) bond motifs is 1. The molecule has 5 heteroatoms. The molecule has 2 aromatic rings. The van der Waals surface area contributed by atoms with Gasteiger partial charge in [0.05, 0.1) is 17.7 Å². The number of β-amino-alcohol motifs (C(OH)–C–C–N with tert-alkyl or cyclic N) is 1. The average molecular weight is 316 g/mol. The van der Waals surface area contributed by atoms with E-state index in [0.29, 0.717) is 26.2 Å². The molecule has 2 heterocycles. The number of aryl methyl sites for hydroxylation is 2. The summed E-state index contributed by atoms with van der Waals surface area (Å²) in [6.45, 7) is 8.35. The fourth-order valence-corrected chi connectivity index (χ4v) is 3.38. The van der Waals surface area contributed by atoms with Crippen LogP contribution < -0.4 is 5.43 Å². The molecule has 1 aliphatic heterocycles. The van der Waals surface area contributed by atoms with Gasteiger partial charge in [-0.3, -0.25) is 9.69 Å². The maximum absolute atomic E-state index is 12.5. The number of aromatic nitrogens is 1. The van der Waals surface area contributed by atoms with Gasteiger partial charge in [0.2, 0.25) is 0 Å². The molecule has 0 amide bonds. The molecule has 0 bridgehead atoms. The number of ether oxygens (including phenoxy) is 1. The van der Waals surface area contributed by atoms with Crippen molar-refractivity contribution in [1.29, 1.82) is 0 Å². The van der Waals surface area contributed by atoms with E-state index >= 15 is 0 Å². The van der Waals surface area contributed by atoms with Gasteiger partial charge in [0.25, 0.3) is 0 Å². The topological polar surface area (TPSA) is 65.6 Å². The molecule has 0 saturated carbocycles. The van der Waals surface area contributed by atoms with Crippen molar-refractivity contribution in [2.24, 2.45) is 0 Å². The van der Waals surface area contributed by atoms with E-state index in [2.05, 4.69) is 9.88 Å². The summed E-state index contributed by atoms with van der Waals surface area (Å²) in [7, 11) is 0. The fourth-order valence-electron chi connectivity index (χ4n) is 3.38. The number of pyridine rings is 1. The Labute approximate surface area is 135 Å². The number of nitrogens with one attached hydrogen (secondary N) is 1. The molecule has 3 rings (SSSR count). The highest BCUT2D eigenvalue weighted by Crippen LogP contribution is 2.20. The molecule has 124 valence electrons. The van der Waals surface area contributed by atoms with Crippen LogP contribution in [-0.4, -0.2) is 46.9 Å². The summed E-state index contributed by atoms with van der Waals surface area (Å²) in [6, 6.07) is 5.69. The molecule has 0 spiro atoms. The van der Waals surface area contributed by atoms with Crippen LogP contribution in [0.15, 0.2) is 23.0 Å². The largest absolute Gasteiger partial charge is 0.389 e. The first-order valence-electron chi connectivity index (χ1n) is 8.13. The number of aliphatic hydroxyl groups is 1. The minimum absolute atomic E-state index is 0.0519. The van der Waals surface area contributed by atoms with Gasteiger partial charge in [-0.1, -0.05) is 12.1 Å². The normalized spacial score (nSPS) is 22.1. The van der Waals surface area contributed by atoms with Crippen molar-refractivity contribution in [2.45, 2.75) is 39.5 Å². The lowest BCUT2D eigenvalue weighted by Gasteiger charge is -2.16. The summed E-state index contributed by atoms with van der Waals surface area (Å²) in [5.41, 5.74) is 3.90. The lowest BCUT2D eigenvalue weighted by atomic mass is 10.0. The van der Waals surface area contributed by atoms with E-state index in [4.69, 9.17) is 4.74 Å². The third kappa shape index (κ3) is 3.17. The molecule has 0 radical (unpaired) electrons. The van der Waals surface area contributed by atoms with Gasteiger partial charge in [-0.05, 0) is 31.9 Å². The second kappa shape index (κ2) is 6.43. The predicted octanol–water partition coefficient (Wildman–Crippen LogP) is 1.73. The van der Waals surface area contributed by atoms with E-state index in [1.54, 1.807) is 6.07 Å². The number of hydrogen-bond acceptors (Lipinski definition) is 4. The Morgan fingerprint density at radius 2 is 2.04 bits per heavy atom. The van der Waals surface area contributed by atoms with E-state index < -0.39 is 6.10 Å². The van der Waals surface area contributed by atoms with Gasteiger partial charge in [0.1, 0.15) is 0 Å². The molecule has 1 aliphatic rings. The summed E-state index contributed by atoms with van der Waals surface area (Å²) in [5, 5.41) is 10.8. The van der Waals surface area contributed by atoms with Crippen LogP contribution in [0.5, 0.6) is 0 Å². The first-order valence-corrected chi connectivity index (χ1v) is 8.13. The minimum atomic E-state index is -0.467. The summed E-state index contributed by atoms with van der Waals surface area (Å²) < 4.78 is 5.55. The number of nitrogens with zero attached hydrogens (tertiary/aromatic N) is 1. The quantitative estimate of drug-likeness (QED) is 0.901. The number of benzene rings is 1. The van der Waals surface area contributed by atoms with Crippen LogP contribution in [0, 0.1) is 13.8 Å². The zero-order valence-corrected chi connectivity index (χ0v) is 13.9. The molecule has 0 aliphatic carbocycles. The highest BCUT2D eigenvalue weighted by atomic mass is 16.5. The van der Waals surface area contributed by atoms with Crippen LogP contribution in [0.4, 0.5) is 0 Å². The highest BCUT2D eigenvalue weighted by molar-refractivity contribution is 5.84. The van der Waals surface area contributed by atoms with Crippen molar-refractivity contribution in [1.82, 2.24) is 9.88 Å². The summed E-state index contributed by atoms with van der Waals surface area (Å²) >= 11 is 0. The Morgan fingerprint density at radius 1 is 1.30 bits per heavy atom. The Morgan fingerprint density at radius 3 is 2.78 bits per heavy atom. The van der Waals surface area contributed by atoms with Gasteiger partial charge in [-0.2, -0.15) is 0 Å². The first kappa shape index (κ1) is 16.2. The lowest BCUT2D eigenvalue weighted by Crippen LogP contribution is -2.26. The molecule has 1 saturated heterocycles. The molecular formula is C18H24N2O3. The van der Waals surface area contributed by atoms with Crippen molar-refractivity contribution >= 4 is 10.9 Å². The molecule has 1 fully saturated rings.